The van der Waals surface area contributed by atoms with Crippen LogP contribution in [0.1, 0.15) is 52.9 Å². The van der Waals surface area contributed by atoms with Gasteiger partial charge in [-0.15, -0.1) is 6.58 Å². The number of unbranched alkanes of at least 4 members (excludes halogenated alkanes) is 1. The van der Waals surface area contributed by atoms with Crippen LogP contribution in [0.25, 0.3) is 0 Å². The van der Waals surface area contributed by atoms with Crippen LogP contribution in [0, 0.1) is 5.92 Å². The van der Waals surface area contributed by atoms with E-state index in [1.165, 1.54) is 0 Å². The number of carbonyl (C=O) groups is 2. The van der Waals surface area contributed by atoms with Gasteiger partial charge in [0, 0.05) is 19.3 Å². The molecular weight excluding hydrogens is 244 g/mol. The quantitative estimate of drug-likeness (QED) is 0.347. The van der Waals surface area contributed by atoms with E-state index in [2.05, 4.69) is 6.58 Å². The van der Waals surface area contributed by atoms with Gasteiger partial charge in [-0.1, -0.05) is 19.9 Å². The summed E-state index contributed by atoms with van der Waals surface area (Å²) in [5.74, 6) is -0.0581. The minimum absolute atomic E-state index is 0.124. The summed E-state index contributed by atoms with van der Waals surface area (Å²) < 4.78 is 10.2. The number of esters is 2. The van der Waals surface area contributed by atoms with Crippen molar-refractivity contribution >= 4 is 11.9 Å². The SMILES string of the molecule is C=CCC(C)OC(=O)CCCCC(=O)OCC(C)C. The van der Waals surface area contributed by atoms with E-state index in [1.807, 2.05) is 20.8 Å². The molecule has 0 spiro atoms. The van der Waals surface area contributed by atoms with Gasteiger partial charge in [-0.3, -0.25) is 9.59 Å². The van der Waals surface area contributed by atoms with Crippen molar-refractivity contribution in [3.63, 3.8) is 0 Å². The van der Waals surface area contributed by atoms with Gasteiger partial charge < -0.3 is 9.47 Å². The molecule has 4 heteroatoms. The molecule has 0 bridgehead atoms. The van der Waals surface area contributed by atoms with Gasteiger partial charge >= 0.3 is 11.9 Å². The Labute approximate surface area is 116 Å². The molecule has 0 radical (unpaired) electrons. The summed E-state index contributed by atoms with van der Waals surface area (Å²) in [6.07, 6.45) is 4.27. The molecule has 1 atom stereocenters. The minimum Gasteiger partial charge on any atom is -0.465 e. The first kappa shape index (κ1) is 17.7. The third kappa shape index (κ3) is 11.5. The molecule has 0 aliphatic rings. The lowest BCUT2D eigenvalue weighted by Gasteiger charge is -2.11. The Morgan fingerprint density at radius 1 is 1.11 bits per heavy atom. The zero-order valence-corrected chi connectivity index (χ0v) is 12.3. The van der Waals surface area contributed by atoms with Gasteiger partial charge in [0.05, 0.1) is 6.61 Å². The third-order valence-corrected chi connectivity index (χ3v) is 2.42. The second-order valence-corrected chi connectivity index (χ2v) is 5.11. The summed E-state index contributed by atoms with van der Waals surface area (Å²) in [7, 11) is 0. The van der Waals surface area contributed by atoms with E-state index in [0.29, 0.717) is 44.6 Å². The average Bonchev–Trinajstić information content (AvgIpc) is 2.32. The van der Waals surface area contributed by atoms with E-state index in [0.717, 1.165) is 0 Å². The number of hydrogen-bond acceptors (Lipinski definition) is 4. The fraction of sp³-hybridized carbons (Fsp3) is 0.733. The van der Waals surface area contributed by atoms with E-state index < -0.39 is 0 Å². The second-order valence-electron chi connectivity index (χ2n) is 5.11. The van der Waals surface area contributed by atoms with Crippen LogP contribution < -0.4 is 0 Å². The van der Waals surface area contributed by atoms with Gasteiger partial charge in [-0.25, -0.2) is 0 Å². The molecule has 110 valence electrons. The summed E-state index contributed by atoms with van der Waals surface area (Å²) >= 11 is 0. The lowest BCUT2D eigenvalue weighted by Crippen LogP contribution is -2.14. The Hall–Kier alpha value is -1.32. The van der Waals surface area contributed by atoms with Crippen LogP contribution in [-0.2, 0) is 19.1 Å². The highest BCUT2D eigenvalue weighted by Crippen LogP contribution is 2.06. The normalized spacial score (nSPS) is 12.0. The topological polar surface area (TPSA) is 52.6 Å². The van der Waals surface area contributed by atoms with E-state index >= 15 is 0 Å². The largest absolute Gasteiger partial charge is 0.465 e. The van der Waals surface area contributed by atoms with Gasteiger partial charge in [-0.2, -0.15) is 0 Å². The van der Waals surface area contributed by atoms with Crippen molar-refractivity contribution < 1.29 is 19.1 Å². The number of carbonyl (C=O) groups excluding carboxylic acids is 2. The zero-order valence-electron chi connectivity index (χ0n) is 12.3. The number of rotatable bonds is 10. The van der Waals surface area contributed by atoms with Crippen molar-refractivity contribution in [1.82, 2.24) is 0 Å². The molecule has 19 heavy (non-hydrogen) atoms. The van der Waals surface area contributed by atoms with E-state index in [1.54, 1.807) is 6.08 Å². The van der Waals surface area contributed by atoms with Crippen molar-refractivity contribution in [2.45, 2.75) is 59.0 Å². The van der Waals surface area contributed by atoms with Crippen LogP contribution in [-0.4, -0.2) is 24.6 Å². The summed E-state index contributed by atoms with van der Waals surface area (Å²) in [4.78, 5) is 22.7. The van der Waals surface area contributed by atoms with Crippen LogP contribution in [0.2, 0.25) is 0 Å². The lowest BCUT2D eigenvalue weighted by atomic mass is 10.2. The van der Waals surface area contributed by atoms with Crippen molar-refractivity contribution in [1.29, 1.82) is 0 Å². The summed E-state index contributed by atoms with van der Waals surface area (Å²) in [6.45, 7) is 9.87. The molecule has 0 rings (SSSR count). The van der Waals surface area contributed by atoms with Gasteiger partial charge in [0.1, 0.15) is 6.10 Å². The number of ether oxygens (including phenoxy) is 2. The highest BCUT2D eigenvalue weighted by atomic mass is 16.5. The molecule has 0 saturated carbocycles. The smallest absolute Gasteiger partial charge is 0.306 e. The molecule has 0 N–H and O–H groups in total. The monoisotopic (exact) mass is 270 g/mol. The van der Waals surface area contributed by atoms with Crippen LogP contribution in [0.5, 0.6) is 0 Å². The zero-order chi connectivity index (χ0) is 14.7. The van der Waals surface area contributed by atoms with Gasteiger partial charge in [0.25, 0.3) is 0 Å². The van der Waals surface area contributed by atoms with Crippen molar-refractivity contribution in [3.8, 4) is 0 Å². The molecule has 0 saturated heterocycles. The highest BCUT2D eigenvalue weighted by molar-refractivity contribution is 5.70. The maximum absolute atomic E-state index is 11.4. The first-order chi connectivity index (χ1) is 8.95. The Balaban J connectivity index is 3.55. The van der Waals surface area contributed by atoms with E-state index in [-0.39, 0.29) is 18.0 Å². The molecule has 0 aromatic carbocycles. The predicted octanol–water partition coefficient (Wildman–Crippen LogP) is 3.25. The first-order valence-electron chi connectivity index (χ1n) is 6.91. The molecule has 0 aliphatic carbocycles. The van der Waals surface area contributed by atoms with Crippen LogP contribution in [0.15, 0.2) is 12.7 Å². The molecule has 0 amide bonds. The maximum atomic E-state index is 11.4. The lowest BCUT2D eigenvalue weighted by molar-refractivity contribution is -0.149. The summed E-state index contributed by atoms with van der Waals surface area (Å²) in [5.41, 5.74) is 0. The predicted molar refractivity (Wildman–Crippen MR) is 74.6 cm³/mol. The molecular formula is C15H26O4. The first-order valence-corrected chi connectivity index (χ1v) is 6.91. The molecule has 0 aromatic heterocycles. The maximum Gasteiger partial charge on any atom is 0.306 e. The Kier molecular flexibility index (Phi) is 9.85. The number of hydrogen-bond donors (Lipinski definition) is 0. The fourth-order valence-electron chi connectivity index (χ4n) is 1.44. The van der Waals surface area contributed by atoms with Gasteiger partial charge in [0.2, 0.25) is 0 Å². The van der Waals surface area contributed by atoms with E-state index in [9.17, 15) is 9.59 Å². The van der Waals surface area contributed by atoms with Crippen LogP contribution in [0.4, 0.5) is 0 Å². The summed E-state index contributed by atoms with van der Waals surface area (Å²) in [5, 5.41) is 0. The molecule has 4 nitrogen and oxygen atoms in total. The van der Waals surface area contributed by atoms with E-state index in [4.69, 9.17) is 9.47 Å². The molecule has 1 unspecified atom stereocenters. The fourth-order valence-corrected chi connectivity index (χ4v) is 1.44. The second kappa shape index (κ2) is 10.6. The highest BCUT2D eigenvalue weighted by Gasteiger charge is 2.09. The minimum atomic E-state index is -0.218. The Morgan fingerprint density at radius 2 is 1.68 bits per heavy atom. The third-order valence-electron chi connectivity index (χ3n) is 2.42. The van der Waals surface area contributed by atoms with Crippen LogP contribution in [0.3, 0.4) is 0 Å². The Bertz CT molecular complexity index is 284. The standard InChI is InChI=1S/C15H26O4/c1-5-8-13(4)19-15(17)10-7-6-9-14(16)18-11-12(2)3/h5,12-13H,1,6-11H2,2-4H3. The molecule has 0 fully saturated rings. The van der Waals surface area contributed by atoms with Crippen molar-refractivity contribution in [3.05, 3.63) is 12.7 Å². The summed E-state index contributed by atoms with van der Waals surface area (Å²) in [6, 6.07) is 0. The van der Waals surface area contributed by atoms with Gasteiger partial charge in [-0.05, 0) is 25.7 Å². The molecule has 0 aliphatic heterocycles. The van der Waals surface area contributed by atoms with Gasteiger partial charge in [0.15, 0.2) is 0 Å². The average molecular weight is 270 g/mol. The van der Waals surface area contributed by atoms with Crippen molar-refractivity contribution in [2.24, 2.45) is 5.92 Å². The van der Waals surface area contributed by atoms with Crippen molar-refractivity contribution in [2.75, 3.05) is 6.61 Å². The van der Waals surface area contributed by atoms with Crippen LogP contribution >= 0.6 is 0 Å². The molecule has 0 aromatic rings. The Morgan fingerprint density at radius 3 is 2.21 bits per heavy atom. The molecule has 0 heterocycles.